The van der Waals surface area contributed by atoms with E-state index in [2.05, 4.69) is 9.97 Å². The molecule has 1 aromatic heterocycles. The van der Waals surface area contributed by atoms with E-state index in [-0.39, 0.29) is 17.5 Å². The van der Waals surface area contributed by atoms with Crippen molar-refractivity contribution in [3.63, 3.8) is 0 Å². The first-order valence-corrected chi connectivity index (χ1v) is 8.33. The third kappa shape index (κ3) is 3.99. The maximum Gasteiger partial charge on any atom is 0.326 e. The second kappa shape index (κ2) is 7.38. The fourth-order valence-corrected chi connectivity index (χ4v) is 3.23. The molecule has 132 valence electrons. The minimum Gasteiger partial charge on any atom is -0.497 e. The van der Waals surface area contributed by atoms with Crippen molar-refractivity contribution >= 4 is 5.91 Å². The van der Waals surface area contributed by atoms with E-state index in [9.17, 15) is 14.4 Å². The van der Waals surface area contributed by atoms with Gasteiger partial charge in [-0.05, 0) is 30.5 Å². The van der Waals surface area contributed by atoms with E-state index in [0.717, 1.165) is 36.6 Å². The lowest BCUT2D eigenvalue weighted by molar-refractivity contribution is 0.0748. The van der Waals surface area contributed by atoms with Crippen LogP contribution in [-0.4, -0.2) is 41.0 Å². The van der Waals surface area contributed by atoms with Crippen LogP contribution in [0, 0.1) is 0 Å². The molecule has 2 heterocycles. The molecule has 1 aliphatic heterocycles. The summed E-state index contributed by atoms with van der Waals surface area (Å²) in [6.45, 7) is 1.17. The van der Waals surface area contributed by atoms with Crippen LogP contribution >= 0.6 is 0 Å². The molecule has 0 aliphatic carbocycles. The number of benzene rings is 1. The minimum atomic E-state index is -0.669. The van der Waals surface area contributed by atoms with Gasteiger partial charge in [0.25, 0.3) is 11.5 Å². The predicted molar refractivity (Wildman–Crippen MR) is 93.2 cm³/mol. The van der Waals surface area contributed by atoms with Crippen molar-refractivity contribution in [1.82, 2.24) is 14.9 Å². The first kappa shape index (κ1) is 17.0. The summed E-state index contributed by atoms with van der Waals surface area (Å²) >= 11 is 0. The van der Waals surface area contributed by atoms with E-state index in [4.69, 9.17) is 4.74 Å². The van der Waals surface area contributed by atoms with Gasteiger partial charge in [0.15, 0.2) is 0 Å². The van der Waals surface area contributed by atoms with E-state index in [0.29, 0.717) is 13.1 Å². The number of nitrogens with zero attached hydrogens (tertiary/aromatic N) is 1. The Morgan fingerprint density at radius 3 is 2.60 bits per heavy atom. The largest absolute Gasteiger partial charge is 0.497 e. The number of likely N-dealkylation sites (tertiary alicyclic amines) is 1. The van der Waals surface area contributed by atoms with Crippen molar-refractivity contribution < 1.29 is 9.53 Å². The SMILES string of the molecule is COc1ccc(C2CCCCN(C(=O)c3cc(=O)[nH]c(=O)[nH]3)C2)cc1. The summed E-state index contributed by atoms with van der Waals surface area (Å²) < 4.78 is 5.19. The molecule has 2 N–H and O–H groups in total. The number of carbonyl (C=O) groups excluding carboxylic acids is 1. The fourth-order valence-electron chi connectivity index (χ4n) is 3.23. The number of amides is 1. The molecule has 1 aromatic carbocycles. The van der Waals surface area contributed by atoms with Crippen LogP contribution in [-0.2, 0) is 0 Å². The van der Waals surface area contributed by atoms with E-state index < -0.39 is 11.2 Å². The molecule has 25 heavy (non-hydrogen) atoms. The molecule has 1 amide bonds. The number of rotatable bonds is 3. The molecule has 0 saturated carbocycles. The predicted octanol–water partition coefficient (Wildman–Crippen LogP) is 1.48. The summed E-state index contributed by atoms with van der Waals surface area (Å²) in [6, 6.07) is 9.01. The first-order valence-electron chi connectivity index (χ1n) is 8.33. The van der Waals surface area contributed by atoms with Crippen LogP contribution in [0.5, 0.6) is 5.75 Å². The number of aromatic nitrogens is 2. The van der Waals surface area contributed by atoms with Crippen LogP contribution in [0.1, 0.15) is 41.2 Å². The van der Waals surface area contributed by atoms with Crippen molar-refractivity contribution in [3.05, 3.63) is 62.4 Å². The Kier molecular flexibility index (Phi) is 5.02. The molecule has 1 atom stereocenters. The second-order valence-electron chi connectivity index (χ2n) is 6.22. The minimum absolute atomic E-state index is 0.0316. The second-order valence-corrected chi connectivity index (χ2v) is 6.22. The highest BCUT2D eigenvalue weighted by Crippen LogP contribution is 2.28. The quantitative estimate of drug-likeness (QED) is 0.882. The number of H-pyrrole nitrogens is 2. The van der Waals surface area contributed by atoms with E-state index in [1.165, 1.54) is 0 Å². The van der Waals surface area contributed by atoms with Crippen LogP contribution < -0.4 is 16.0 Å². The number of nitrogens with one attached hydrogen (secondary N) is 2. The maximum atomic E-state index is 12.7. The Morgan fingerprint density at radius 2 is 1.92 bits per heavy atom. The van der Waals surface area contributed by atoms with Crippen LogP contribution in [0.2, 0.25) is 0 Å². The van der Waals surface area contributed by atoms with Gasteiger partial charge in [-0.3, -0.25) is 14.6 Å². The third-order valence-corrected chi connectivity index (χ3v) is 4.54. The highest BCUT2D eigenvalue weighted by atomic mass is 16.5. The van der Waals surface area contributed by atoms with Crippen LogP contribution in [0.15, 0.2) is 39.9 Å². The van der Waals surface area contributed by atoms with Gasteiger partial charge in [-0.2, -0.15) is 0 Å². The van der Waals surface area contributed by atoms with E-state index in [1.54, 1.807) is 12.0 Å². The molecular formula is C18H21N3O4. The molecule has 1 unspecified atom stereocenters. The molecule has 2 aromatic rings. The van der Waals surface area contributed by atoms with E-state index in [1.807, 2.05) is 24.3 Å². The van der Waals surface area contributed by atoms with Gasteiger partial charge < -0.3 is 14.6 Å². The monoisotopic (exact) mass is 343 g/mol. The number of methoxy groups -OCH3 is 1. The summed E-state index contributed by atoms with van der Waals surface area (Å²) in [5, 5.41) is 0. The molecule has 1 aliphatic rings. The Morgan fingerprint density at radius 1 is 1.16 bits per heavy atom. The van der Waals surface area contributed by atoms with Gasteiger partial charge >= 0.3 is 5.69 Å². The Labute approximate surface area is 144 Å². The molecule has 1 saturated heterocycles. The number of ether oxygens (including phenoxy) is 1. The zero-order valence-corrected chi connectivity index (χ0v) is 14.1. The fraction of sp³-hybridized carbons (Fsp3) is 0.389. The van der Waals surface area contributed by atoms with Gasteiger partial charge in [-0.1, -0.05) is 18.6 Å². The van der Waals surface area contributed by atoms with Crippen molar-refractivity contribution in [3.8, 4) is 5.75 Å². The summed E-state index contributed by atoms with van der Waals surface area (Å²) in [5.74, 6) is 0.695. The molecule has 0 spiro atoms. The van der Waals surface area contributed by atoms with E-state index >= 15 is 0 Å². The number of hydrogen-bond donors (Lipinski definition) is 2. The Hall–Kier alpha value is -2.83. The van der Waals surface area contributed by atoms with Gasteiger partial charge in [-0.15, -0.1) is 0 Å². The molecular weight excluding hydrogens is 322 g/mol. The standard InChI is InChI=1S/C18H21N3O4/c1-25-14-7-5-12(6-8-14)13-4-2-3-9-21(11-13)17(23)15-10-16(22)20-18(24)19-15/h5-8,10,13H,2-4,9,11H2,1H3,(H2,19,20,22,24). The summed E-state index contributed by atoms with van der Waals surface area (Å²) in [6.07, 6.45) is 2.90. The lowest BCUT2D eigenvalue weighted by Gasteiger charge is -2.24. The van der Waals surface area contributed by atoms with Crippen LogP contribution in [0.25, 0.3) is 0 Å². The van der Waals surface area contributed by atoms with Gasteiger partial charge in [0, 0.05) is 25.1 Å². The highest BCUT2D eigenvalue weighted by molar-refractivity contribution is 5.92. The van der Waals surface area contributed by atoms with Crippen molar-refractivity contribution in [2.24, 2.45) is 0 Å². The van der Waals surface area contributed by atoms with Crippen LogP contribution in [0.3, 0.4) is 0 Å². The molecule has 3 rings (SSSR count). The van der Waals surface area contributed by atoms with Crippen molar-refractivity contribution in [1.29, 1.82) is 0 Å². The lowest BCUT2D eigenvalue weighted by atomic mass is 9.94. The molecule has 1 fully saturated rings. The molecule has 7 nitrogen and oxygen atoms in total. The van der Waals surface area contributed by atoms with Gasteiger partial charge in [0.1, 0.15) is 11.4 Å². The average Bonchev–Trinajstić information content (AvgIpc) is 2.86. The summed E-state index contributed by atoms with van der Waals surface area (Å²) in [4.78, 5) is 41.8. The van der Waals surface area contributed by atoms with Gasteiger partial charge in [-0.25, -0.2) is 4.79 Å². The van der Waals surface area contributed by atoms with Gasteiger partial charge in [0.2, 0.25) is 0 Å². The highest BCUT2D eigenvalue weighted by Gasteiger charge is 2.24. The first-order chi connectivity index (χ1) is 12.1. The summed E-state index contributed by atoms with van der Waals surface area (Å²) in [7, 11) is 1.63. The third-order valence-electron chi connectivity index (χ3n) is 4.54. The van der Waals surface area contributed by atoms with Crippen molar-refractivity contribution in [2.45, 2.75) is 25.2 Å². The molecule has 0 bridgehead atoms. The van der Waals surface area contributed by atoms with Crippen LogP contribution in [0.4, 0.5) is 0 Å². The summed E-state index contributed by atoms with van der Waals surface area (Å²) in [5.41, 5.74) is -0.0602. The number of hydrogen-bond acceptors (Lipinski definition) is 4. The lowest BCUT2D eigenvalue weighted by Crippen LogP contribution is -2.37. The molecule has 0 radical (unpaired) electrons. The zero-order chi connectivity index (χ0) is 17.8. The Bertz CT molecular complexity index is 825. The number of carbonyl (C=O) groups is 1. The zero-order valence-electron chi connectivity index (χ0n) is 14.1. The number of aromatic amines is 2. The smallest absolute Gasteiger partial charge is 0.326 e. The molecule has 7 heteroatoms. The Balaban J connectivity index is 1.82. The van der Waals surface area contributed by atoms with Gasteiger partial charge in [0.05, 0.1) is 7.11 Å². The van der Waals surface area contributed by atoms with Crippen molar-refractivity contribution in [2.75, 3.05) is 20.2 Å². The average molecular weight is 343 g/mol. The normalized spacial score (nSPS) is 17.8. The topological polar surface area (TPSA) is 95.3 Å². The maximum absolute atomic E-state index is 12.7.